The Morgan fingerprint density at radius 1 is 1.27 bits per heavy atom. The largest absolute Gasteiger partial charge is 0.492 e. The van der Waals surface area contributed by atoms with Gasteiger partial charge in [0.15, 0.2) is 0 Å². The molecule has 4 nitrogen and oxygen atoms in total. The third-order valence-electron chi connectivity index (χ3n) is 4.05. The maximum atomic E-state index is 12.1. The van der Waals surface area contributed by atoms with Crippen LogP contribution in [0.15, 0.2) is 24.3 Å². The lowest BCUT2D eigenvalue weighted by atomic mass is 9.93. The minimum absolute atomic E-state index is 0.132. The normalized spacial score (nSPS) is 15.6. The first-order valence-electron chi connectivity index (χ1n) is 7.73. The molecule has 1 fully saturated rings. The van der Waals surface area contributed by atoms with Crippen molar-refractivity contribution in [2.75, 3.05) is 19.7 Å². The number of likely N-dealkylation sites (tertiary alicyclic amines) is 1. The molecule has 1 aromatic rings. The van der Waals surface area contributed by atoms with Crippen molar-refractivity contribution in [3.63, 3.8) is 0 Å². The summed E-state index contributed by atoms with van der Waals surface area (Å²) in [4.78, 5) is 25.3. The number of piperidine rings is 1. The molecule has 5 heteroatoms. The van der Waals surface area contributed by atoms with Gasteiger partial charge in [0, 0.05) is 25.4 Å². The Hall–Kier alpha value is -1.55. The number of benzene rings is 1. The Morgan fingerprint density at radius 2 is 1.95 bits per heavy atom. The summed E-state index contributed by atoms with van der Waals surface area (Å²) >= 11 is 6.00. The first kappa shape index (κ1) is 16.8. The molecule has 0 aromatic heterocycles. The summed E-state index contributed by atoms with van der Waals surface area (Å²) in [7, 11) is 0. The van der Waals surface area contributed by atoms with Gasteiger partial charge in [-0.15, -0.1) is 0 Å². The predicted molar refractivity (Wildman–Crippen MR) is 86.2 cm³/mol. The van der Waals surface area contributed by atoms with Gasteiger partial charge in [0.2, 0.25) is 5.91 Å². The summed E-state index contributed by atoms with van der Waals surface area (Å²) in [6.07, 6.45) is 2.71. The van der Waals surface area contributed by atoms with E-state index >= 15 is 0 Å². The van der Waals surface area contributed by atoms with Crippen LogP contribution < -0.4 is 4.74 Å². The second kappa shape index (κ2) is 8.18. The fourth-order valence-electron chi connectivity index (χ4n) is 2.66. The topological polar surface area (TPSA) is 46.6 Å². The van der Waals surface area contributed by atoms with Crippen molar-refractivity contribution in [1.82, 2.24) is 4.90 Å². The van der Waals surface area contributed by atoms with Crippen LogP contribution in [0.4, 0.5) is 0 Å². The van der Waals surface area contributed by atoms with Crippen molar-refractivity contribution < 1.29 is 14.3 Å². The number of para-hydroxylation sites is 1. The third kappa shape index (κ3) is 4.73. The van der Waals surface area contributed by atoms with Crippen LogP contribution in [0.1, 0.15) is 32.6 Å². The van der Waals surface area contributed by atoms with Gasteiger partial charge in [0.25, 0.3) is 0 Å². The molecule has 1 aliphatic rings. The second-order valence-corrected chi connectivity index (χ2v) is 6.06. The molecule has 1 aromatic carbocycles. The van der Waals surface area contributed by atoms with E-state index in [1.807, 2.05) is 23.1 Å². The van der Waals surface area contributed by atoms with Gasteiger partial charge in [-0.05, 0) is 38.3 Å². The summed E-state index contributed by atoms with van der Waals surface area (Å²) in [6, 6.07) is 7.31. The van der Waals surface area contributed by atoms with E-state index in [-0.39, 0.29) is 17.6 Å². The number of nitrogens with zero attached hydrogens (tertiary/aromatic N) is 1. The van der Waals surface area contributed by atoms with Crippen LogP contribution in [0.5, 0.6) is 5.75 Å². The van der Waals surface area contributed by atoms with Gasteiger partial charge < -0.3 is 9.64 Å². The molecule has 2 rings (SSSR count). The van der Waals surface area contributed by atoms with E-state index in [0.29, 0.717) is 43.3 Å². The average Bonchev–Trinajstić information content (AvgIpc) is 2.53. The number of ketones is 1. The van der Waals surface area contributed by atoms with Crippen molar-refractivity contribution in [2.45, 2.75) is 32.6 Å². The monoisotopic (exact) mass is 323 g/mol. The maximum Gasteiger partial charge on any atom is 0.222 e. The Balaban J connectivity index is 1.66. The zero-order valence-electron chi connectivity index (χ0n) is 12.9. The molecule has 0 spiro atoms. The first-order chi connectivity index (χ1) is 10.6. The number of rotatable bonds is 6. The number of amides is 1. The molecule has 1 aliphatic heterocycles. The third-order valence-corrected chi connectivity index (χ3v) is 4.36. The van der Waals surface area contributed by atoms with Crippen LogP contribution in [0.25, 0.3) is 0 Å². The summed E-state index contributed by atoms with van der Waals surface area (Å²) in [5.41, 5.74) is 0. The predicted octanol–water partition coefficient (Wildman–Crippen LogP) is 3.33. The molecule has 0 bridgehead atoms. The number of halogens is 1. The van der Waals surface area contributed by atoms with Crippen LogP contribution in [-0.4, -0.2) is 36.3 Å². The van der Waals surface area contributed by atoms with Gasteiger partial charge in [0.05, 0.1) is 11.6 Å². The fraction of sp³-hybridized carbons (Fsp3) is 0.529. The van der Waals surface area contributed by atoms with Crippen molar-refractivity contribution in [3.8, 4) is 5.75 Å². The highest BCUT2D eigenvalue weighted by molar-refractivity contribution is 6.32. The van der Waals surface area contributed by atoms with Gasteiger partial charge in [-0.25, -0.2) is 0 Å². The van der Waals surface area contributed by atoms with Gasteiger partial charge in [0.1, 0.15) is 11.5 Å². The van der Waals surface area contributed by atoms with Crippen molar-refractivity contribution >= 4 is 23.3 Å². The molecule has 0 aliphatic carbocycles. The van der Waals surface area contributed by atoms with Crippen LogP contribution in [-0.2, 0) is 9.59 Å². The van der Waals surface area contributed by atoms with Gasteiger partial charge in [-0.3, -0.25) is 9.59 Å². The minimum Gasteiger partial charge on any atom is -0.492 e. The number of carbonyl (C=O) groups excluding carboxylic acids is 2. The summed E-state index contributed by atoms with van der Waals surface area (Å²) in [6.45, 7) is 3.48. The van der Waals surface area contributed by atoms with Crippen LogP contribution in [0, 0.1) is 5.92 Å². The second-order valence-electron chi connectivity index (χ2n) is 5.65. The molecular weight excluding hydrogens is 302 g/mol. The molecule has 120 valence electrons. The van der Waals surface area contributed by atoms with Crippen molar-refractivity contribution in [2.24, 2.45) is 5.92 Å². The van der Waals surface area contributed by atoms with E-state index in [2.05, 4.69) is 0 Å². The van der Waals surface area contributed by atoms with Crippen molar-refractivity contribution in [1.29, 1.82) is 0 Å². The van der Waals surface area contributed by atoms with E-state index in [9.17, 15) is 9.59 Å². The number of carbonyl (C=O) groups is 2. The first-order valence-corrected chi connectivity index (χ1v) is 8.11. The number of hydrogen-bond donors (Lipinski definition) is 0. The van der Waals surface area contributed by atoms with Gasteiger partial charge in [-0.2, -0.15) is 0 Å². The Labute approximate surface area is 136 Å². The van der Waals surface area contributed by atoms with E-state index < -0.39 is 0 Å². The van der Waals surface area contributed by atoms with E-state index in [4.69, 9.17) is 16.3 Å². The molecule has 1 heterocycles. The molecule has 22 heavy (non-hydrogen) atoms. The number of hydrogen-bond acceptors (Lipinski definition) is 3. The lowest BCUT2D eigenvalue weighted by Crippen LogP contribution is -2.39. The van der Waals surface area contributed by atoms with E-state index in [1.54, 1.807) is 13.0 Å². The molecule has 1 amide bonds. The Morgan fingerprint density at radius 3 is 2.59 bits per heavy atom. The molecule has 0 saturated carbocycles. The molecule has 1 saturated heterocycles. The zero-order valence-corrected chi connectivity index (χ0v) is 13.6. The van der Waals surface area contributed by atoms with Crippen LogP contribution in [0.2, 0.25) is 5.02 Å². The highest BCUT2D eigenvalue weighted by Crippen LogP contribution is 2.23. The Kier molecular flexibility index (Phi) is 6.25. The summed E-state index contributed by atoms with van der Waals surface area (Å²) < 4.78 is 5.58. The van der Waals surface area contributed by atoms with Crippen LogP contribution in [0.3, 0.4) is 0 Å². The quantitative estimate of drug-likeness (QED) is 0.754. The molecule has 0 N–H and O–H groups in total. The summed E-state index contributed by atoms with van der Waals surface area (Å²) in [5.74, 6) is 1.16. The zero-order chi connectivity index (χ0) is 15.9. The smallest absolute Gasteiger partial charge is 0.222 e. The minimum atomic E-state index is 0.132. The van der Waals surface area contributed by atoms with Crippen molar-refractivity contribution in [3.05, 3.63) is 29.3 Å². The highest BCUT2D eigenvalue weighted by atomic mass is 35.5. The van der Waals surface area contributed by atoms with Gasteiger partial charge >= 0.3 is 0 Å². The summed E-state index contributed by atoms with van der Waals surface area (Å²) in [5, 5.41) is 0.583. The molecule has 0 radical (unpaired) electrons. The van der Waals surface area contributed by atoms with Gasteiger partial charge in [-0.1, -0.05) is 23.7 Å². The van der Waals surface area contributed by atoms with Crippen LogP contribution >= 0.6 is 11.6 Å². The molecule has 0 atom stereocenters. The fourth-order valence-corrected chi connectivity index (χ4v) is 2.85. The number of Topliss-reactive ketones (excluding diaryl/α,β-unsaturated/α-hetero) is 1. The Bertz CT molecular complexity index is 524. The standard InChI is InChI=1S/C17H22ClNO3/c1-13(20)14-8-10-19(11-9-14)17(21)7-4-12-22-16-6-3-2-5-15(16)18/h2-3,5-6,14H,4,7-12H2,1H3. The number of ether oxygens (including phenoxy) is 1. The maximum absolute atomic E-state index is 12.1. The lowest BCUT2D eigenvalue weighted by molar-refractivity contribution is -0.134. The average molecular weight is 324 g/mol. The molecular formula is C17H22ClNO3. The van der Waals surface area contributed by atoms with E-state index in [0.717, 1.165) is 12.8 Å². The van der Waals surface area contributed by atoms with E-state index in [1.165, 1.54) is 0 Å². The highest BCUT2D eigenvalue weighted by Gasteiger charge is 2.24. The lowest BCUT2D eigenvalue weighted by Gasteiger charge is -2.31. The SMILES string of the molecule is CC(=O)C1CCN(C(=O)CCCOc2ccccc2Cl)CC1. The molecule has 0 unspecified atom stereocenters.